The molecule has 7 nitrogen and oxygen atoms in total. The van der Waals surface area contributed by atoms with Gasteiger partial charge in [0.15, 0.2) is 0 Å². The molecule has 0 aliphatic carbocycles. The number of hydrogen-bond donors (Lipinski definition) is 1. The molecule has 2 aromatic carbocycles. The average Bonchev–Trinajstić information content (AvgIpc) is 2.68. The van der Waals surface area contributed by atoms with Crippen LogP contribution in [-0.2, 0) is 14.8 Å². The van der Waals surface area contributed by atoms with Crippen LogP contribution < -0.4 is 5.32 Å². The molecular weight excluding hydrogens is 364 g/mol. The highest BCUT2D eigenvalue weighted by atomic mass is 32.2. The summed E-state index contributed by atoms with van der Waals surface area (Å²) >= 11 is 0. The number of hydrogen-bond acceptors (Lipinski definition) is 5. The second kappa shape index (κ2) is 7.53. The van der Waals surface area contributed by atoms with Crippen molar-refractivity contribution in [3.05, 3.63) is 66.4 Å². The Balaban J connectivity index is 1.75. The number of nitriles is 1. The third-order valence-corrected chi connectivity index (χ3v) is 5.78. The Morgan fingerprint density at radius 2 is 1.85 bits per heavy atom. The first kappa shape index (κ1) is 18.5. The third-order valence-electron chi connectivity index (χ3n) is 3.96. The lowest BCUT2D eigenvalue weighted by atomic mass is 10.2. The Morgan fingerprint density at radius 3 is 2.56 bits per heavy atom. The van der Waals surface area contributed by atoms with E-state index in [0.29, 0.717) is 16.8 Å². The van der Waals surface area contributed by atoms with Gasteiger partial charge in [-0.25, -0.2) is 8.42 Å². The van der Waals surface area contributed by atoms with E-state index in [1.54, 1.807) is 24.4 Å². The standard InChI is InChI=1S/C19H16N4O3S/c1-23(27(25,26)16-9-7-14(12-20)8-10-16)13-18(24)22-17-6-2-4-15-5-3-11-21-19(15)17/h2-11H,13H2,1H3,(H,22,24). The highest BCUT2D eigenvalue weighted by molar-refractivity contribution is 7.89. The van der Waals surface area contributed by atoms with Crippen LogP contribution in [0.15, 0.2) is 65.7 Å². The van der Waals surface area contributed by atoms with Crippen molar-refractivity contribution < 1.29 is 13.2 Å². The van der Waals surface area contributed by atoms with E-state index in [9.17, 15) is 13.2 Å². The molecule has 0 radical (unpaired) electrons. The number of nitrogens with zero attached hydrogens (tertiary/aromatic N) is 3. The highest BCUT2D eigenvalue weighted by Gasteiger charge is 2.23. The van der Waals surface area contributed by atoms with E-state index in [1.807, 2.05) is 18.2 Å². The van der Waals surface area contributed by atoms with Crippen molar-refractivity contribution in [1.82, 2.24) is 9.29 Å². The van der Waals surface area contributed by atoms with E-state index in [-0.39, 0.29) is 11.4 Å². The van der Waals surface area contributed by atoms with E-state index in [4.69, 9.17) is 5.26 Å². The summed E-state index contributed by atoms with van der Waals surface area (Å²) in [5.74, 6) is -0.479. The van der Waals surface area contributed by atoms with E-state index in [2.05, 4.69) is 10.3 Å². The van der Waals surface area contributed by atoms with Gasteiger partial charge in [-0.15, -0.1) is 0 Å². The molecule has 0 saturated heterocycles. The first-order chi connectivity index (χ1) is 12.9. The van der Waals surface area contributed by atoms with Crippen molar-refractivity contribution in [2.45, 2.75) is 4.90 Å². The fourth-order valence-corrected chi connectivity index (χ4v) is 3.69. The second-order valence-electron chi connectivity index (χ2n) is 5.83. The molecule has 0 saturated carbocycles. The number of fused-ring (bicyclic) bond motifs is 1. The van der Waals surface area contributed by atoms with Gasteiger partial charge in [-0.05, 0) is 36.4 Å². The molecule has 3 rings (SSSR count). The quantitative estimate of drug-likeness (QED) is 0.732. The Bertz CT molecular complexity index is 1130. The summed E-state index contributed by atoms with van der Waals surface area (Å²) in [5.41, 5.74) is 1.51. The summed E-state index contributed by atoms with van der Waals surface area (Å²) in [7, 11) is -2.52. The monoisotopic (exact) mass is 380 g/mol. The fraction of sp³-hybridized carbons (Fsp3) is 0.105. The Labute approximate surface area is 156 Å². The largest absolute Gasteiger partial charge is 0.323 e. The Kier molecular flexibility index (Phi) is 5.16. The van der Waals surface area contributed by atoms with Gasteiger partial charge in [-0.3, -0.25) is 9.78 Å². The van der Waals surface area contributed by atoms with E-state index in [1.165, 1.54) is 31.3 Å². The van der Waals surface area contributed by atoms with Crippen LogP contribution in [-0.4, -0.2) is 37.2 Å². The number of anilines is 1. The molecule has 0 fully saturated rings. The molecule has 136 valence electrons. The molecule has 27 heavy (non-hydrogen) atoms. The molecule has 0 unspecified atom stereocenters. The van der Waals surface area contributed by atoms with Crippen LogP contribution in [0, 0.1) is 11.3 Å². The van der Waals surface area contributed by atoms with Crippen molar-refractivity contribution in [3.8, 4) is 6.07 Å². The van der Waals surface area contributed by atoms with Gasteiger partial charge in [-0.2, -0.15) is 9.57 Å². The van der Waals surface area contributed by atoms with Crippen molar-refractivity contribution >= 4 is 32.5 Å². The zero-order valence-electron chi connectivity index (χ0n) is 14.5. The van der Waals surface area contributed by atoms with E-state index < -0.39 is 15.9 Å². The summed E-state index contributed by atoms with van der Waals surface area (Å²) in [6, 6.07) is 16.5. The SMILES string of the molecule is CN(CC(=O)Nc1cccc2cccnc12)S(=O)(=O)c1ccc(C#N)cc1. The number of likely N-dealkylation sites (N-methyl/N-ethyl adjacent to an activating group) is 1. The highest BCUT2D eigenvalue weighted by Crippen LogP contribution is 2.21. The molecular formula is C19H16N4O3S. The Hall–Kier alpha value is -3.28. The zero-order chi connectivity index (χ0) is 19.4. The smallest absolute Gasteiger partial charge is 0.243 e. The molecule has 0 bridgehead atoms. The van der Waals surface area contributed by atoms with Crippen molar-refractivity contribution in [3.63, 3.8) is 0 Å². The Morgan fingerprint density at radius 1 is 1.15 bits per heavy atom. The molecule has 0 atom stereocenters. The summed E-state index contributed by atoms with van der Waals surface area (Å²) in [5, 5.41) is 12.4. The summed E-state index contributed by atoms with van der Waals surface area (Å²) < 4.78 is 26.1. The number of nitrogens with one attached hydrogen (secondary N) is 1. The minimum atomic E-state index is -3.85. The van der Waals surface area contributed by atoms with Crippen LogP contribution in [0.3, 0.4) is 0 Å². The second-order valence-corrected chi connectivity index (χ2v) is 7.87. The van der Waals surface area contributed by atoms with E-state index in [0.717, 1.165) is 9.69 Å². The molecule has 1 aromatic heterocycles. The molecule has 8 heteroatoms. The number of rotatable bonds is 5. The third kappa shape index (κ3) is 3.95. The fourth-order valence-electron chi connectivity index (χ4n) is 2.56. The molecule has 1 heterocycles. The maximum atomic E-state index is 12.6. The molecule has 3 aromatic rings. The number of para-hydroxylation sites is 1. The molecule has 1 amide bonds. The van der Waals surface area contributed by atoms with Crippen LogP contribution in [0.5, 0.6) is 0 Å². The van der Waals surface area contributed by atoms with Crippen LogP contribution in [0.1, 0.15) is 5.56 Å². The number of aromatic nitrogens is 1. The number of pyridine rings is 1. The van der Waals surface area contributed by atoms with Gasteiger partial charge in [0, 0.05) is 18.6 Å². The minimum absolute atomic E-state index is 0.0172. The number of sulfonamides is 1. The molecule has 0 aliphatic rings. The van der Waals surface area contributed by atoms with Crippen molar-refractivity contribution in [1.29, 1.82) is 5.26 Å². The lowest BCUT2D eigenvalue weighted by molar-refractivity contribution is -0.116. The number of carbonyl (C=O) groups is 1. The molecule has 0 spiro atoms. The normalized spacial score (nSPS) is 11.3. The number of benzene rings is 2. The van der Waals surface area contributed by atoms with Crippen molar-refractivity contribution in [2.24, 2.45) is 0 Å². The zero-order valence-corrected chi connectivity index (χ0v) is 15.3. The van der Waals surface area contributed by atoms with Gasteiger partial charge >= 0.3 is 0 Å². The minimum Gasteiger partial charge on any atom is -0.323 e. The van der Waals surface area contributed by atoms with Gasteiger partial charge < -0.3 is 5.32 Å². The average molecular weight is 380 g/mol. The summed E-state index contributed by atoms with van der Waals surface area (Å²) in [6.07, 6.45) is 1.62. The molecule has 1 N–H and O–H groups in total. The first-order valence-electron chi connectivity index (χ1n) is 8.02. The van der Waals surface area contributed by atoms with Gasteiger partial charge in [0.2, 0.25) is 15.9 Å². The van der Waals surface area contributed by atoms with Crippen LogP contribution in [0.2, 0.25) is 0 Å². The summed E-state index contributed by atoms with van der Waals surface area (Å²) in [4.78, 5) is 16.6. The van der Waals surface area contributed by atoms with Gasteiger partial charge in [0.25, 0.3) is 0 Å². The summed E-state index contributed by atoms with van der Waals surface area (Å²) in [6.45, 7) is -0.356. The maximum absolute atomic E-state index is 12.6. The lowest BCUT2D eigenvalue weighted by Crippen LogP contribution is -2.35. The predicted octanol–water partition coefficient (Wildman–Crippen LogP) is 2.37. The number of amides is 1. The maximum Gasteiger partial charge on any atom is 0.243 e. The van der Waals surface area contributed by atoms with E-state index >= 15 is 0 Å². The van der Waals surface area contributed by atoms with Crippen LogP contribution in [0.25, 0.3) is 10.9 Å². The van der Waals surface area contributed by atoms with Gasteiger partial charge in [-0.1, -0.05) is 18.2 Å². The van der Waals surface area contributed by atoms with Gasteiger partial charge in [0.1, 0.15) is 0 Å². The number of carbonyl (C=O) groups excluding carboxylic acids is 1. The predicted molar refractivity (Wildman–Crippen MR) is 101 cm³/mol. The lowest BCUT2D eigenvalue weighted by Gasteiger charge is -2.17. The molecule has 0 aliphatic heterocycles. The van der Waals surface area contributed by atoms with Crippen LogP contribution in [0.4, 0.5) is 5.69 Å². The van der Waals surface area contributed by atoms with Crippen molar-refractivity contribution in [2.75, 3.05) is 18.9 Å². The van der Waals surface area contributed by atoms with Crippen LogP contribution >= 0.6 is 0 Å². The van der Waals surface area contributed by atoms with Gasteiger partial charge in [0.05, 0.1) is 34.3 Å². The first-order valence-corrected chi connectivity index (χ1v) is 9.46. The topological polar surface area (TPSA) is 103 Å².